The number of hydrogen-bond donors (Lipinski definition) is 2. The number of halogens is 1. The summed E-state index contributed by atoms with van der Waals surface area (Å²) in [6.07, 6.45) is 1.69. The molecule has 0 radical (unpaired) electrons. The van der Waals surface area contributed by atoms with Gasteiger partial charge in [-0.2, -0.15) is 0 Å². The van der Waals surface area contributed by atoms with Crippen LogP contribution >= 0.6 is 24.0 Å². The zero-order valence-electron chi connectivity index (χ0n) is 15.5. The Kier molecular flexibility index (Phi) is 8.54. The largest absolute Gasteiger partial charge is 0.494 e. The molecule has 0 saturated heterocycles. The number of hydrogen-bond acceptors (Lipinski definition) is 4. The molecule has 0 aliphatic carbocycles. The Balaban J connectivity index is 0.00000280. The number of guanidine groups is 1. The Morgan fingerprint density at radius 2 is 1.75 bits per heavy atom. The highest BCUT2D eigenvalue weighted by atomic mass is 127. The van der Waals surface area contributed by atoms with E-state index < -0.39 is 0 Å². The lowest BCUT2D eigenvalue weighted by molar-refractivity contribution is 0.339. The van der Waals surface area contributed by atoms with E-state index in [9.17, 15) is 0 Å². The molecule has 2 aromatic carbocycles. The zero-order chi connectivity index (χ0) is 18.9. The number of pyridine rings is 1. The van der Waals surface area contributed by atoms with Crippen LogP contribution in [0.3, 0.4) is 0 Å². The van der Waals surface area contributed by atoms with Gasteiger partial charge >= 0.3 is 0 Å². The first kappa shape index (κ1) is 21.5. The van der Waals surface area contributed by atoms with Gasteiger partial charge in [-0.1, -0.05) is 18.2 Å². The van der Waals surface area contributed by atoms with Gasteiger partial charge in [-0.15, -0.1) is 24.0 Å². The lowest BCUT2D eigenvalue weighted by atomic mass is 10.2. The van der Waals surface area contributed by atoms with E-state index >= 15 is 0 Å². The monoisotopic (exact) mass is 490 g/mol. The van der Waals surface area contributed by atoms with Gasteiger partial charge in [0.1, 0.15) is 11.5 Å². The highest BCUT2D eigenvalue weighted by molar-refractivity contribution is 14.0. The maximum atomic E-state index is 5.93. The highest BCUT2D eigenvalue weighted by Crippen LogP contribution is 2.23. The Hall–Kier alpha value is -2.81. The molecule has 6 nitrogen and oxygen atoms in total. The number of anilines is 1. The topological polar surface area (TPSA) is 81.8 Å². The molecule has 0 bridgehead atoms. The van der Waals surface area contributed by atoms with Crippen LogP contribution in [0.2, 0.25) is 0 Å². The van der Waals surface area contributed by atoms with Gasteiger partial charge < -0.3 is 20.5 Å². The van der Waals surface area contributed by atoms with Crippen LogP contribution in [0.25, 0.3) is 0 Å². The summed E-state index contributed by atoms with van der Waals surface area (Å²) in [6.45, 7) is 3.00. The molecule has 1 heterocycles. The molecule has 146 valence electrons. The van der Waals surface area contributed by atoms with Gasteiger partial charge in [0.05, 0.1) is 13.2 Å². The lowest BCUT2D eigenvalue weighted by Crippen LogP contribution is -2.22. The Bertz CT molecular complexity index is 886. The lowest BCUT2D eigenvalue weighted by Gasteiger charge is -2.08. The normalized spacial score (nSPS) is 10.7. The van der Waals surface area contributed by atoms with Crippen molar-refractivity contribution in [1.29, 1.82) is 0 Å². The third-order valence-electron chi connectivity index (χ3n) is 3.63. The first-order chi connectivity index (χ1) is 13.2. The van der Waals surface area contributed by atoms with Crippen molar-refractivity contribution < 1.29 is 9.47 Å². The van der Waals surface area contributed by atoms with Crippen LogP contribution in [-0.2, 0) is 6.54 Å². The molecule has 0 aliphatic rings. The molecule has 3 rings (SSSR count). The van der Waals surface area contributed by atoms with E-state index in [-0.39, 0.29) is 24.0 Å². The summed E-state index contributed by atoms with van der Waals surface area (Å²) in [7, 11) is 0. The molecule has 0 spiro atoms. The summed E-state index contributed by atoms with van der Waals surface area (Å²) in [4.78, 5) is 8.59. The molecule has 28 heavy (non-hydrogen) atoms. The van der Waals surface area contributed by atoms with Crippen molar-refractivity contribution in [2.24, 2.45) is 10.7 Å². The van der Waals surface area contributed by atoms with Gasteiger partial charge in [-0.3, -0.25) is 0 Å². The van der Waals surface area contributed by atoms with E-state index in [1.54, 1.807) is 6.20 Å². The van der Waals surface area contributed by atoms with Crippen molar-refractivity contribution in [1.82, 2.24) is 4.98 Å². The van der Waals surface area contributed by atoms with Gasteiger partial charge in [0.15, 0.2) is 5.96 Å². The first-order valence-electron chi connectivity index (χ1n) is 8.70. The predicted molar refractivity (Wildman–Crippen MR) is 123 cm³/mol. The molecule has 0 aliphatic heterocycles. The minimum absolute atomic E-state index is 0. The predicted octanol–water partition coefficient (Wildman–Crippen LogP) is 4.82. The van der Waals surface area contributed by atoms with Gasteiger partial charge in [0, 0.05) is 18.0 Å². The van der Waals surface area contributed by atoms with Crippen molar-refractivity contribution in [3.63, 3.8) is 0 Å². The fourth-order valence-electron chi connectivity index (χ4n) is 2.38. The second-order valence-corrected chi connectivity index (χ2v) is 5.70. The molecule has 3 aromatic rings. The van der Waals surface area contributed by atoms with Crippen molar-refractivity contribution >= 4 is 35.6 Å². The molecule has 1 aromatic heterocycles. The fraction of sp³-hybridized carbons (Fsp3) is 0.143. The van der Waals surface area contributed by atoms with Crippen LogP contribution in [0.4, 0.5) is 5.69 Å². The number of nitrogens with zero attached hydrogens (tertiary/aromatic N) is 2. The summed E-state index contributed by atoms with van der Waals surface area (Å²) in [6, 6.07) is 20.8. The number of aromatic nitrogens is 1. The summed E-state index contributed by atoms with van der Waals surface area (Å²) in [5, 5.41) is 3.05. The minimum atomic E-state index is 0. The first-order valence-corrected chi connectivity index (χ1v) is 8.70. The number of nitrogens with two attached hydrogens (primary N) is 1. The van der Waals surface area contributed by atoms with Crippen LogP contribution in [-0.4, -0.2) is 17.6 Å². The maximum Gasteiger partial charge on any atom is 0.219 e. The van der Waals surface area contributed by atoms with Crippen LogP contribution in [0, 0.1) is 0 Å². The number of ether oxygens (including phenoxy) is 2. The molecule has 0 atom stereocenters. The average molecular weight is 490 g/mol. The van der Waals surface area contributed by atoms with Gasteiger partial charge in [0.25, 0.3) is 0 Å². The molecule has 7 heteroatoms. The van der Waals surface area contributed by atoms with Gasteiger partial charge in [-0.05, 0) is 55.0 Å². The third kappa shape index (κ3) is 6.73. The number of para-hydroxylation sites is 1. The van der Waals surface area contributed by atoms with Crippen molar-refractivity contribution in [3.05, 3.63) is 78.5 Å². The average Bonchev–Trinajstić information content (AvgIpc) is 2.69. The molecule has 0 amide bonds. The Morgan fingerprint density at radius 3 is 2.46 bits per heavy atom. The molecule has 0 fully saturated rings. The summed E-state index contributed by atoms with van der Waals surface area (Å²) < 4.78 is 11.2. The van der Waals surface area contributed by atoms with Crippen LogP contribution in [0.15, 0.2) is 77.9 Å². The Labute approximate surface area is 181 Å². The maximum absolute atomic E-state index is 5.93. The fourth-order valence-corrected chi connectivity index (χ4v) is 2.38. The second kappa shape index (κ2) is 11.1. The highest BCUT2D eigenvalue weighted by Gasteiger charge is 2.02. The minimum Gasteiger partial charge on any atom is -0.494 e. The number of benzene rings is 2. The molecular weight excluding hydrogens is 467 g/mol. The standard InChI is InChI=1S/C21H22N4O2.HI/c1-2-26-18-8-10-19(11-9-18)27-20-14-16(12-13-23-20)15-24-21(22)25-17-6-4-3-5-7-17;/h3-14H,2,15H2,1H3,(H3,22,24,25);1H. The van der Waals surface area contributed by atoms with Crippen molar-refractivity contribution in [3.8, 4) is 17.4 Å². The molecular formula is C21H23IN4O2. The van der Waals surface area contributed by atoms with E-state index in [4.69, 9.17) is 15.2 Å². The number of aliphatic imine (C=N–C) groups is 1. The molecule has 0 saturated carbocycles. The van der Waals surface area contributed by atoms with Crippen molar-refractivity contribution in [2.45, 2.75) is 13.5 Å². The van der Waals surface area contributed by atoms with Gasteiger partial charge in [0.2, 0.25) is 5.88 Å². The van der Waals surface area contributed by atoms with Crippen molar-refractivity contribution in [2.75, 3.05) is 11.9 Å². The van der Waals surface area contributed by atoms with E-state index in [1.165, 1.54) is 0 Å². The summed E-state index contributed by atoms with van der Waals surface area (Å²) in [5.41, 5.74) is 7.78. The zero-order valence-corrected chi connectivity index (χ0v) is 17.9. The SMILES string of the molecule is CCOc1ccc(Oc2cc(CN=C(N)Nc3ccccc3)ccn2)cc1.I. The molecule has 0 unspecified atom stereocenters. The van der Waals surface area contributed by atoms with E-state index in [1.807, 2.05) is 73.7 Å². The number of rotatable bonds is 7. The Morgan fingerprint density at radius 1 is 1.04 bits per heavy atom. The third-order valence-corrected chi connectivity index (χ3v) is 3.63. The van der Waals surface area contributed by atoms with Crippen LogP contribution in [0.5, 0.6) is 17.4 Å². The van der Waals surface area contributed by atoms with E-state index in [2.05, 4.69) is 15.3 Å². The van der Waals surface area contributed by atoms with Gasteiger partial charge in [-0.25, -0.2) is 9.98 Å². The number of nitrogens with one attached hydrogen (secondary N) is 1. The summed E-state index contributed by atoms with van der Waals surface area (Å²) >= 11 is 0. The molecule has 3 N–H and O–H groups in total. The van der Waals surface area contributed by atoms with E-state index in [0.717, 1.165) is 17.0 Å². The quantitative estimate of drug-likeness (QED) is 0.282. The smallest absolute Gasteiger partial charge is 0.219 e. The summed E-state index contributed by atoms with van der Waals surface area (Å²) in [5.74, 6) is 2.35. The van der Waals surface area contributed by atoms with Crippen LogP contribution in [0.1, 0.15) is 12.5 Å². The second-order valence-electron chi connectivity index (χ2n) is 5.70. The van der Waals surface area contributed by atoms with Crippen LogP contribution < -0.4 is 20.5 Å². The van der Waals surface area contributed by atoms with E-state index in [0.29, 0.717) is 30.7 Å².